The van der Waals surface area contributed by atoms with Gasteiger partial charge in [-0.2, -0.15) is 4.98 Å². The van der Waals surface area contributed by atoms with Gasteiger partial charge in [0.05, 0.1) is 10.9 Å². The molecule has 0 aromatic carbocycles. The second-order valence-electron chi connectivity index (χ2n) is 3.85. The summed E-state index contributed by atoms with van der Waals surface area (Å²) in [5.74, 6) is 0.168. The third-order valence-corrected chi connectivity index (χ3v) is 5.19. The third kappa shape index (κ3) is 1.57. The highest BCUT2D eigenvalue weighted by Gasteiger charge is 2.36. The number of nitrogens with one attached hydrogen (secondary N) is 1. The van der Waals surface area contributed by atoms with E-state index in [0.717, 1.165) is 18.5 Å². The molecule has 6 nitrogen and oxygen atoms in total. The average Bonchev–Trinajstić information content (AvgIpc) is 2.92. The van der Waals surface area contributed by atoms with Crippen LogP contribution in [0.2, 0.25) is 0 Å². The zero-order chi connectivity index (χ0) is 11.3. The Bertz CT molecular complexity index is 638. The van der Waals surface area contributed by atoms with Crippen LogP contribution in [0.4, 0.5) is 5.95 Å². The number of rotatable bonds is 3. The van der Waals surface area contributed by atoms with Crippen molar-refractivity contribution in [1.82, 2.24) is 14.6 Å². The summed E-state index contributed by atoms with van der Waals surface area (Å²) in [5.41, 5.74) is 0.948. The van der Waals surface area contributed by atoms with Crippen molar-refractivity contribution in [3.63, 3.8) is 0 Å². The number of thiazole rings is 1. The zero-order valence-electron chi connectivity index (χ0n) is 8.54. The molecule has 0 unspecified atom stereocenters. The van der Waals surface area contributed by atoms with Gasteiger partial charge in [0, 0.05) is 5.38 Å². The summed E-state index contributed by atoms with van der Waals surface area (Å²) < 4.78 is 27.4. The summed E-state index contributed by atoms with van der Waals surface area (Å²) in [6.45, 7) is 1.90. The lowest BCUT2D eigenvalue weighted by Crippen LogP contribution is -2.18. The molecule has 0 aliphatic heterocycles. The standard InChI is InChI=1S/C8H10N4O2S2/c1-5-4-15-8-9-7(10-12(5)8)11-16(13,14)6-2-3-6/h4,6H,2-3H2,1H3,(H,10,11). The van der Waals surface area contributed by atoms with E-state index in [2.05, 4.69) is 14.8 Å². The molecule has 0 saturated heterocycles. The topological polar surface area (TPSA) is 76.4 Å². The van der Waals surface area contributed by atoms with Crippen molar-refractivity contribution in [3.8, 4) is 0 Å². The van der Waals surface area contributed by atoms with Gasteiger partial charge in [-0.15, -0.1) is 16.4 Å². The smallest absolute Gasteiger partial charge is 0.250 e. The number of hydrogen-bond acceptors (Lipinski definition) is 5. The van der Waals surface area contributed by atoms with Crippen LogP contribution in [-0.4, -0.2) is 28.3 Å². The molecule has 0 atom stereocenters. The number of anilines is 1. The molecule has 1 aliphatic rings. The van der Waals surface area contributed by atoms with Crippen LogP contribution in [0.1, 0.15) is 18.5 Å². The molecule has 1 saturated carbocycles. The second-order valence-corrected chi connectivity index (χ2v) is 6.65. The largest absolute Gasteiger partial charge is 0.257 e. The molecular weight excluding hydrogens is 248 g/mol. The fourth-order valence-electron chi connectivity index (χ4n) is 1.42. The van der Waals surface area contributed by atoms with Crippen molar-refractivity contribution in [2.24, 2.45) is 0 Å². The minimum Gasteiger partial charge on any atom is -0.250 e. The van der Waals surface area contributed by atoms with Crippen molar-refractivity contribution in [3.05, 3.63) is 11.1 Å². The molecule has 0 radical (unpaired) electrons. The van der Waals surface area contributed by atoms with Gasteiger partial charge >= 0.3 is 0 Å². The minimum absolute atomic E-state index is 0.168. The molecule has 2 aromatic heterocycles. The number of hydrogen-bond donors (Lipinski definition) is 1. The van der Waals surface area contributed by atoms with E-state index in [9.17, 15) is 8.42 Å². The fraction of sp³-hybridized carbons (Fsp3) is 0.500. The van der Waals surface area contributed by atoms with Gasteiger partial charge < -0.3 is 0 Å². The van der Waals surface area contributed by atoms with Gasteiger partial charge in [-0.3, -0.25) is 0 Å². The maximum Gasteiger partial charge on any atom is 0.257 e. The SMILES string of the molecule is Cc1csc2nc(NS(=O)(=O)C3CC3)nn12. The van der Waals surface area contributed by atoms with Crippen LogP contribution in [0.25, 0.3) is 4.96 Å². The summed E-state index contributed by atoms with van der Waals surface area (Å²) in [6, 6.07) is 0. The Hall–Kier alpha value is -1.15. The van der Waals surface area contributed by atoms with Crippen molar-refractivity contribution in [1.29, 1.82) is 0 Å². The molecular formula is C8H10N4O2S2. The zero-order valence-corrected chi connectivity index (χ0v) is 10.2. The average molecular weight is 258 g/mol. The normalized spacial score (nSPS) is 16.8. The van der Waals surface area contributed by atoms with E-state index in [1.54, 1.807) is 4.52 Å². The van der Waals surface area contributed by atoms with Gasteiger partial charge in [-0.25, -0.2) is 17.7 Å². The van der Waals surface area contributed by atoms with Crippen LogP contribution in [-0.2, 0) is 10.0 Å². The van der Waals surface area contributed by atoms with Gasteiger partial charge in [-0.1, -0.05) is 0 Å². The van der Waals surface area contributed by atoms with Gasteiger partial charge in [0.1, 0.15) is 0 Å². The molecule has 0 bridgehead atoms. The first-order chi connectivity index (χ1) is 7.56. The number of nitrogens with zero attached hydrogens (tertiary/aromatic N) is 3. The van der Waals surface area contributed by atoms with Crippen molar-refractivity contribution < 1.29 is 8.42 Å². The quantitative estimate of drug-likeness (QED) is 0.891. The second kappa shape index (κ2) is 3.17. The lowest BCUT2D eigenvalue weighted by atomic mass is 10.6. The number of aryl methyl sites for hydroxylation is 1. The molecule has 8 heteroatoms. The highest BCUT2D eigenvalue weighted by Crippen LogP contribution is 2.29. The Labute approximate surface area is 96.4 Å². The molecule has 3 rings (SSSR count). The van der Waals surface area contributed by atoms with E-state index in [4.69, 9.17) is 0 Å². The highest BCUT2D eigenvalue weighted by atomic mass is 32.2. The van der Waals surface area contributed by atoms with Gasteiger partial charge in [0.15, 0.2) is 0 Å². The predicted octanol–water partition coefficient (Wildman–Crippen LogP) is 1.00. The van der Waals surface area contributed by atoms with Crippen LogP contribution in [0.5, 0.6) is 0 Å². The summed E-state index contributed by atoms with van der Waals surface area (Å²) in [4.78, 5) is 4.81. The molecule has 2 aromatic rings. The van der Waals surface area contributed by atoms with Crippen LogP contribution in [0.15, 0.2) is 5.38 Å². The van der Waals surface area contributed by atoms with Gasteiger partial charge in [-0.05, 0) is 19.8 Å². The Balaban J connectivity index is 1.94. The molecule has 1 aliphatic carbocycles. The Morgan fingerprint density at radius 1 is 1.56 bits per heavy atom. The monoisotopic (exact) mass is 258 g/mol. The number of aromatic nitrogens is 3. The first-order valence-corrected chi connectivity index (χ1v) is 7.31. The first-order valence-electron chi connectivity index (χ1n) is 4.89. The predicted molar refractivity (Wildman–Crippen MR) is 61.2 cm³/mol. The summed E-state index contributed by atoms with van der Waals surface area (Å²) in [6.07, 6.45) is 1.47. The van der Waals surface area contributed by atoms with Crippen molar-refractivity contribution in [2.75, 3.05) is 4.72 Å². The van der Waals surface area contributed by atoms with Gasteiger partial charge in [0.2, 0.25) is 15.0 Å². The molecule has 1 N–H and O–H groups in total. The molecule has 1 fully saturated rings. The Kier molecular flexibility index (Phi) is 1.99. The summed E-state index contributed by atoms with van der Waals surface area (Å²) in [5, 5.41) is 5.76. The van der Waals surface area contributed by atoms with E-state index in [1.807, 2.05) is 12.3 Å². The van der Waals surface area contributed by atoms with E-state index in [1.165, 1.54) is 11.3 Å². The van der Waals surface area contributed by atoms with E-state index >= 15 is 0 Å². The van der Waals surface area contributed by atoms with Crippen molar-refractivity contribution >= 4 is 32.3 Å². The van der Waals surface area contributed by atoms with Crippen LogP contribution < -0.4 is 4.72 Å². The summed E-state index contributed by atoms with van der Waals surface area (Å²) >= 11 is 1.44. The van der Waals surface area contributed by atoms with Crippen LogP contribution >= 0.6 is 11.3 Å². The molecule has 0 spiro atoms. The molecule has 16 heavy (non-hydrogen) atoms. The molecule has 86 valence electrons. The lowest BCUT2D eigenvalue weighted by molar-refractivity contribution is 0.599. The van der Waals surface area contributed by atoms with E-state index in [-0.39, 0.29) is 11.2 Å². The Morgan fingerprint density at radius 3 is 2.94 bits per heavy atom. The fourth-order valence-corrected chi connectivity index (χ4v) is 3.49. The van der Waals surface area contributed by atoms with E-state index < -0.39 is 10.0 Å². The van der Waals surface area contributed by atoms with Crippen molar-refractivity contribution in [2.45, 2.75) is 25.0 Å². The lowest BCUT2D eigenvalue weighted by Gasteiger charge is -2.00. The molecule has 2 heterocycles. The third-order valence-electron chi connectivity index (χ3n) is 2.44. The highest BCUT2D eigenvalue weighted by molar-refractivity contribution is 7.93. The Morgan fingerprint density at radius 2 is 2.31 bits per heavy atom. The van der Waals surface area contributed by atoms with Crippen LogP contribution in [0, 0.1) is 6.92 Å². The van der Waals surface area contributed by atoms with E-state index in [0.29, 0.717) is 4.96 Å². The number of sulfonamides is 1. The minimum atomic E-state index is -3.26. The first kappa shape index (κ1) is 10.0. The summed E-state index contributed by atoms with van der Waals surface area (Å²) in [7, 11) is -3.26. The number of fused-ring (bicyclic) bond motifs is 1. The maximum atomic E-state index is 11.6. The molecule has 0 amide bonds. The van der Waals surface area contributed by atoms with Crippen LogP contribution in [0.3, 0.4) is 0 Å². The van der Waals surface area contributed by atoms with Gasteiger partial charge in [0.25, 0.3) is 5.95 Å². The maximum absolute atomic E-state index is 11.6.